The summed E-state index contributed by atoms with van der Waals surface area (Å²) in [5.41, 5.74) is 0.512. The number of hydrogen-bond acceptors (Lipinski definition) is 5. The average molecular weight is 211 g/mol. The Kier molecular flexibility index (Phi) is 4.05. The highest BCUT2D eigenvalue weighted by molar-refractivity contribution is 5.87. The summed E-state index contributed by atoms with van der Waals surface area (Å²) in [5, 5.41) is 8.92. The normalized spacial score (nSPS) is 9.80. The summed E-state index contributed by atoms with van der Waals surface area (Å²) in [6.07, 6.45) is 0. The van der Waals surface area contributed by atoms with Crippen LogP contribution in [0.2, 0.25) is 0 Å². The van der Waals surface area contributed by atoms with Crippen molar-refractivity contribution in [2.75, 3.05) is 13.7 Å². The maximum absolute atomic E-state index is 11.4. The molecule has 1 aromatic heterocycles. The Bertz CT molecular complexity index is 329. The molecular weight excluding hydrogens is 198 g/mol. The zero-order valence-corrected chi connectivity index (χ0v) is 8.69. The minimum absolute atomic E-state index is 0.139. The standard InChI is InChI=1S/C10H13NO4/c1-3-15-10(13)9-5-8(14-2)4-7(6-12)11-9/h4-5,12H,3,6H2,1-2H3. The third kappa shape index (κ3) is 2.92. The molecule has 5 nitrogen and oxygen atoms in total. The number of rotatable bonds is 4. The number of esters is 1. The van der Waals surface area contributed by atoms with Gasteiger partial charge < -0.3 is 14.6 Å². The molecule has 0 amide bonds. The van der Waals surface area contributed by atoms with Crippen LogP contribution in [0, 0.1) is 0 Å². The van der Waals surface area contributed by atoms with Gasteiger partial charge in [0.15, 0.2) is 5.69 Å². The van der Waals surface area contributed by atoms with E-state index in [-0.39, 0.29) is 18.9 Å². The average Bonchev–Trinajstić information content (AvgIpc) is 2.28. The van der Waals surface area contributed by atoms with E-state index in [2.05, 4.69) is 4.98 Å². The van der Waals surface area contributed by atoms with Gasteiger partial charge >= 0.3 is 5.97 Å². The molecule has 0 fully saturated rings. The molecule has 1 heterocycles. The van der Waals surface area contributed by atoms with Gasteiger partial charge in [0.25, 0.3) is 0 Å². The summed E-state index contributed by atoms with van der Waals surface area (Å²) in [4.78, 5) is 15.3. The van der Waals surface area contributed by atoms with Crippen LogP contribution in [-0.2, 0) is 11.3 Å². The fourth-order valence-electron chi connectivity index (χ4n) is 1.07. The van der Waals surface area contributed by atoms with Crippen LogP contribution in [0.1, 0.15) is 23.1 Å². The Morgan fingerprint density at radius 3 is 2.80 bits per heavy atom. The van der Waals surface area contributed by atoms with Crippen molar-refractivity contribution in [2.45, 2.75) is 13.5 Å². The number of aromatic nitrogens is 1. The summed E-state index contributed by atoms with van der Waals surface area (Å²) in [6.45, 7) is 1.75. The molecule has 0 aliphatic rings. The topological polar surface area (TPSA) is 68.7 Å². The summed E-state index contributed by atoms with van der Waals surface area (Å²) in [6, 6.07) is 3.03. The quantitative estimate of drug-likeness (QED) is 0.744. The number of aliphatic hydroxyl groups excluding tert-OH is 1. The van der Waals surface area contributed by atoms with Gasteiger partial charge in [-0.05, 0) is 6.92 Å². The number of pyridine rings is 1. The van der Waals surface area contributed by atoms with Crippen LogP contribution in [0.15, 0.2) is 12.1 Å². The lowest BCUT2D eigenvalue weighted by Crippen LogP contribution is -2.09. The van der Waals surface area contributed by atoms with Gasteiger partial charge in [-0.25, -0.2) is 9.78 Å². The van der Waals surface area contributed by atoms with Crippen molar-refractivity contribution in [2.24, 2.45) is 0 Å². The Morgan fingerprint density at radius 2 is 2.27 bits per heavy atom. The van der Waals surface area contributed by atoms with E-state index in [0.29, 0.717) is 11.4 Å². The van der Waals surface area contributed by atoms with Gasteiger partial charge in [-0.15, -0.1) is 0 Å². The van der Waals surface area contributed by atoms with E-state index in [0.717, 1.165) is 0 Å². The Morgan fingerprint density at radius 1 is 1.53 bits per heavy atom. The second kappa shape index (κ2) is 5.31. The van der Waals surface area contributed by atoms with E-state index < -0.39 is 5.97 Å². The molecule has 0 aliphatic heterocycles. The van der Waals surface area contributed by atoms with Crippen LogP contribution < -0.4 is 4.74 Å². The summed E-state index contributed by atoms with van der Waals surface area (Å²) in [5.74, 6) is -0.0526. The minimum Gasteiger partial charge on any atom is -0.497 e. The van der Waals surface area contributed by atoms with Crippen LogP contribution in [0.4, 0.5) is 0 Å². The molecule has 82 valence electrons. The number of nitrogens with zero attached hydrogens (tertiary/aromatic N) is 1. The number of ether oxygens (including phenoxy) is 2. The van der Waals surface area contributed by atoms with Gasteiger partial charge in [0.1, 0.15) is 5.75 Å². The lowest BCUT2D eigenvalue weighted by Gasteiger charge is -2.06. The van der Waals surface area contributed by atoms with Crippen molar-refractivity contribution in [3.8, 4) is 5.75 Å². The van der Waals surface area contributed by atoms with Crippen LogP contribution in [-0.4, -0.2) is 29.8 Å². The molecule has 0 atom stereocenters. The first kappa shape index (κ1) is 11.5. The van der Waals surface area contributed by atoms with E-state index >= 15 is 0 Å². The van der Waals surface area contributed by atoms with Gasteiger partial charge in [0.2, 0.25) is 0 Å². The van der Waals surface area contributed by atoms with Gasteiger partial charge in [-0.2, -0.15) is 0 Å². The monoisotopic (exact) mass is 211 g/mol. The van der Waals surface area contributed by atoms with Crippen molar-refractivity contribution in [1.82, 2.24) is 4.98 Å². The number of methoxy groups -OCH3 is 1. The maximum atomic E-state index is 11.4. The zero-order valence-electron chi connectivity index (χ0n) is 8.69. The maximum Gasteiger partial charge on any atom is 0.357 e. The molecule has 0 saturated heterocycles. The lowest BCUT2D eigenvalue weighted by molar-refractivity contribution is 0.0518. The molecule has 0 aliphatic carbocycles. The first-order valence-corrected chi connectivity index (χ1v) is 4.54. The summed E-state index contributed by atoms with van der Waals surface area (Å²) < 4.78 is 9.76. The highest BCUT2D eigenvalue weighted by atomic mass is 16.5. The predicted octanol–water partition coefficient (Wildman–Crippen LogP) is 0.759. The lowest BCUT2D eigenvalue weighted by atomic mass is 10.3. The molecular formula is C10H13NO4. The highest BCUT2D eigenvalue weighted by Crippen LogP contribution is 2.14. The minimum atomic E-state index is -0.522. The second-order valence-electron chi connectivity index (χ2n) is 2.76. The fourth-order valence-corrected chi connectivity index (χ4v) is 1.07. The molecule has 0 saturated carbocycles. The molecule has 0 aromatic carbocycles. The van der Waals surface area contributed by atoms with Crippen LogP contribution >= 0.6 is 0 Å². The molecule has 15 heavy (non-hydrogen) atoms. The van der Waals surface area contributed by atoms with Gasteiger partial charge in [-0.3, -0.25) is 0 Å². The SMILES string of the molecule is CCOC(=O)c1cc(OC)cc(CO)n1. The molecule has 1 N–H and O–H groups in total. The number of carbonyl (C=O) groups excluding carboxylic acids is 1. The third-order valence-corrected chi connectivity index (χ3v) is 1.73. The van der Waals surface area contributed by atoms with Crippen molar-refractivity contribution < 1.29 is 19.4 Å². The molecule has 1 aromatic rings. The number of carbonyl (C=O) groups is 1. The van der Waals surface area contributed by atoms with E-state index in [1.54, 1.807) is 13.0 Å². The largest absolute Gasteiger partial charge is 0.497 e. The Labute approximate surface area is 87.7 Å². The third-order valence-electron chi connectivity index (χ3n) is 1.73. The van der Waals surface area contributed by atoms with Gasteiger partial charge in [0, 0.05) is 12.1 Å². The molecule has 0 bridgehead atoms. The summed E-state index contributed by atoms with van der Waals surface area (Å²) >= 11 is 0. The van der Waals surface area contributed by atoms with Crippen molar-refractivity contribution in [3.05, 3.63) is 23.5 Å². The first-order chi connectivity index (χ1) is 7.21. The van der Waals surface area contributed by atoms with E-state index in [9.17, 15) is 4.79 Å². The van der Waals surface area contributed by atoms with Gasteiger partial charge in [0.05, 0.1) is 26.0 Å². The van der Waals surface area contributed by atoms with Crippen molar-refractivity contribution in [1.29, 1.82) is 0 Å². The van der Waals surface area contributed by atoms with E-state index in [1.807, 2.05) is 0 Å². The Balaban J connectivity index is 3.01. The smallest absolute Gasteiger partial charge is 0.357 e. The fraction of sp³-hybridized carbons (Fsp3) is 0.400. The zero-order chi connectivity index (χ0) is 11.3. The molecule has 0 radical (unpaired) electrons. The number of hydrogen-bond donors (Lipinski definition) is 1. The van der Waals surface area contributed by atoms with Crippen molar-refractivity contribution in [3.63, 3.8) is 0 Å². The second-order valence-corrected chi connectivity index (χ2v) is 2.76. The van der Waals surface area contributed by atoms with E-state index in [4.69, 9.17) is 14.6 Å². The molecule has 1 rings (SSSR count). The van der Waals surface area contributed by atoms with Crippen LogP contribution in [0.25, 0.3) is 0 Å². The van der Waals surface area contributed by atoms with Crippen LogP contribution in [0.3, 0.4) is 0 Å². The predicted molar refractivity (Wildman–Crippen MR) is 52.7 cm³/mol. The van der Waals surface area contributed by atoms with Gasteiger partial charge in [-0.1, -0.05) is 0 Å². The molecule has 5 heteroatoms. The molecule has 0 unspecified atom stereocenters. The van der Waals surface area contributed by atoms with E-state index in [1.165, 1.54) is 13.2 Å². The van der Waals surface area contributed by atoms with Crippen molar-refractivity contribution >= 4 is 5.97 Å². The first-order valence-electron chi connectivity index (χ1n) is 4.54. The number of aliphatic hydroxyl groups is 1. The highest BCUT2D eigenvalue weighted by Gasteiger charge is 2.11. The van der Waals surface area contributed by atoms with Crippen LogP contribution in [0.5, 0.6) is 5.75 Å². The summed E-state index contributed by atoms with van der Waals surface area (Å²) in [7, 11) is 1.48. The molecule has 0 spiro atoms. The Hall–Kier alpha value is -1.62.